The number of nitrogens with zero attached hydrogens (tertiary/aromatic N) is 6. The van der Waals surface area contributed by atoms with E-state index >= 15 is 0 Å². The van der Waals surface area contributed by atoms with Gasteiger partial charge in [-0.05, 0) is 78.2 Å². The number of carbonyl (C=O) groups is 3. The van der Waals surface area contributed by atoms with E-state index in [1.807, 2.05) is 0 Å². The highest BCUT2D eigenvalue weighted by molar-refractivity contribution is 7.88. The van der Waals surface area contributed by atoms with Crippen LogP contribution in [0.5, 0.6) is 0 Å². The predicted octanol–water partition coefficient (Wildman–Crippen LogP) is 4.00. The van der Waals surface area contributed by atoms with Gasteiger partial charge in [0.15, 0.2) is 0 Å². The molecular weight excluding hydrogens is 759 g/mol. The number of carbonyl (C=O) groups excluding carboxylic acids is 3. The van der Waals surface area contributed by atoms with Gasteiger partial charge in [-0.15, -0.1) is 0 Å². The molecule has 0 saturated heterocycles. The first kappa shape index (κ1) is 39.4. The lowest BCUT2D eigenvalue weighted by atomic mass is 10.0. The van der Waals surface area contributed by atoms with Crippen LogP contribution in [0.1, 0.15) is 11.1 Å². The fraction of sp³-hybridized carbons (Fsp3) is 0.216. The first-order valence-corrected chi connectivity index (χ1v) is 18.3. The van der Waals surface area contributed by atoms with Gasteiger partial charge >= 0.3 is 16.2 Å². The number of anilines is 2. The van der Waals surface area contributed by atoms with E-state index < -0.39 is 76.2 Å². The molecule has 6 rings (SSSR count). The number of imidazole rings is 1. The van der Waals surface area contributed by atoms with Gasteiger partial charge in [-0.25, -0.2) is 32.1 Å². The molecule has 4 aromatic carbocycles. The summed E-state index contributed by atoms with van der Waals surface area (Å²) >= 11 is 0. The Morgan fingerprint density at radius 3 is 1.84 bits per heavy atom. The van der Waals surface area contributed by atoms with Gasteiger partial charge < -0.3 is 19.7 Å². The molecule has 0 saturated carbocycles. The first-order chi connectivity index (χ1) is 26.5. The Kier molecular flexibility index (Phi) is 11.1. The quantitative estimate of drug-likeness (QED) is 0.158. The Hall–Kier alpha value is -6.34. The number of aromatic nitrogens is 4. The monoisotopic (exact) mass is 793 g/mol. The summed E-state index contributed by atoms with van der Waals surface area (Å²) in [4.78, 5) is 47.7. The van der Waals surface area contributed by atoms with E-state index in [4.69, 9.17) is 0 Å². The number of rotatable bonds is 12. The van der Waals surface area contributed by atoms with Crippen molar-refractivity contribution in [2.75, 3.05) is 23.9 Å². The SMILES string of the molecule is CN(C(=O)[C@H](Cc1cc(F)cc(F)c1)NC(=O)NS(=O)(=O)N[C@@H](Cc1cc(F)cc(F)c1)C(=O)N(C)c1ccc2c(cnn2C)c1)c1ccc2c(c1)ncn2C. The molecule has 0 spiro atoms. The summed E-state index contributed by atoms with van der Waals surface area (Å²) in [6.45, 7) is 0. The predicted molar refractivity (Wildman–Crippen MR) is 200 cm³/mol. The number of amides is 4. The molecule has 0 radical (unpaired) electrons. The minimum Gasteiger partial charge on any atom is -0.334 e. The van der Waals surface area contributed by atoms with Gasteiger partial charge in [0.2, 0.25) is 11.8 Å². The highest BCUT2D eigenvalue weighted by atomic mass is 32.2. The van der Waals surface area contributed by atoms with Crippen LogP contribution in [0.4, 0.5) is 33.7 Å². The third-order valence-electron chi connectivity index (χ3n) is 9.02. The fourth-order valence-corrected chi connectivity index (χ4v) is 7.17. The molecule has 292 valence electrons. The lowest BCUT2D eigenvalue weighted by Crippen LogP contribution is -2.57. The third kappa shape index (κ3) is 8.95. The van der Waals surface area contributed by atoms with Crippen molar-refractivity contribution in [3.05, 3.63) is 120 Å². The van der Waals surface area contributed by atoms with Crippen LogP contribution in [0, 0.1) is 23.3 Å². The average molecular weight is 794 g/mol. The molecule has 14 nitrogen and oxygen atoms in total. The van der Waals surface area contributed by atoms with Crippen LogP contribution >= 0.6 is 0 Å². The number of nitrogens with one attached hydrogen (secondary N) is 3. The number of halogens is 4. The van der Waals surface area contributed by atoms with Gasteiger partial charge in [-0.2, -0.15) is 18.2 Å². The molecule has 2 heterocycles. The number of urea groups is 1. The summed E-state index contributed by atoms with van der Waals surface area (Å²) in [6.07, 6.45) is 2.12. The summed E-state index contributed by atoms with van der Waals surface area (Å²) in [6, 6.07) is 10.1. The topological polar surface area (TPSA) is 164 Å². The van der Waals surface area contributed by atoms with E-state index in [2.05, 4.69) is 20.1 Å². The van der Waals surface area contributed by atoms with Gasteiger partial charge in [0.25, 0.3) is 0 Å². The molecule has 0 fully saturated rings. The molecule has 0 aliphatic rings. The number of aryl methyl sites for hydroxylation is 2. The van der Waals surface area contributed by atoms with Gasteiger partial charge in [0, 0.05) is 63.5 Å². The molecule has 0 aliphatic heterocycles. The zero-order valence-electron chi connectivity index (χ0n) is 30.3. The smallest absolute Gasteiger partial charge is 0.330 e. The minimum absolute atomic E-state index is 0.0313. The highest BCUT2D eigenvalue weighted by Gasteiger charge is 2.32. The maximum atomic E-state index is 14.2. The van der Waals surface area contributed by atoms with Crippen molar-refractivity contribution in [1.82, 2.24) is 34.1 Å². The van der Waals surface area contributed by atoms with E-state index in [9.17, 15) is 40.4 Å². The maximum Gasteiger partial charge on any atom is 0.330 e. The Bertz CT molecular complexity index is 2560. The highest BCUT2D eigenvalue weighted by Crippen LogP contribution is 2.24. The van der Waals surface area contributed by atoms with E-state index in [1.165, 1.54) is 14.1 Å². The van der Waals surface area contributed by atoms with E-state index in [0.29, 0.717) is 34.4 Å². The van der Waals surface area contributed by atoms with Crippen molar-refractivity contribution in [3.63, 3.8) is 0 Å². The third-order valence-corrected chi connectivity index (χ3v) is 10.1. The van der Waals surface area contributed by atoms with Crippen LogP contribution in [-0.2, 0) is 46.7 Å². The van der Waals surface area contributed by atoms with Crippen molar-refractivity contribution >= 4 is 61.4 Å². The van der Waals surface area contributed by atoms with Crippen LogP contribution in [0.15, 0.2) is 85.3 Å². The molecule has 2 aromatic heterocycles. The molecule has 0 bridgehead atoms. The fourth-order valence-electron chi connectivity index (χ4n) is 6.25. The summed E-state index contributed by atoms with van der Waals surface area (Å²) in [7, 11) is 1.28. The lowest BCUT2D eigenvalue weighted by Gasteiger charge is -2.26. The Balaban J connectivity index is 1.24. The number of likely N-dealkylation sites (N-methyl/N-ethyl adjacent to an activating group) is 2. The van der Waals surface area contributed by atoms with Gasteiger partial charge in [-0.1, -0.05) is 0 Å². The van der Waals surface area contributed by atoms with E-state index in [1.54, 1.807) is 77.0 Å². The molecular formula is C37H35F4N9O5S. The maximum absolute atomic E-state index is 14.2. The van der Waals surface area contributed by atoms with Crippen LogP contribution in [0.2, 0.25) is 0 Å². The van der Waals surface area contributed by atoms with Crippen LogP contribution in [-0.4, -0.2) is 71.8 Å². The van der Waals surface area contributed by atoms with Gasteiger partial charge in [-0.3, -0.25) is 14.3 Å². The van der Waals surface area contributed by atoms with Crippen LogP contribution in [0.25, 0.3) is 21.9 Å². The van der Waals surface area contributed by atoms with Crippen molar-refractivity contribution in [1.29, 1.82) is 0 Å². The zero-order valence-corrected chi connectivity index (χ0v) is 31.1. The number of hydrogen-bond donors (Lipinski definition) is 3. The molecule has 2 atom stereocenters. The molecule has 19 heteroatoms. The van der Waals surface area contributed by atoms with Gasteiger partial charge in [0.1, 0.15) is 35.4 Å². The molecule has 6 aromatic rings. The summed E-state index contributed by atoms with van der Waals surface area (Å²) < 4.78 is 90.7. The second kappa shape index (κ2) is 15.8. The second-order valence-corrected chi connectivity index (χ2v) is 14.5. The summed E-state index contributed by atoms with van der Waals surface area (Å²) in [5.41, 5.74) is 2.62. The number of fused-ring (bicyclic) bond motifs is 2. The second-order valence-electron chi connectivity index (χ2n) is 13.1. The Labute approximate surface area is 317 Å². The molecule has 0 aliphatic carbocycles. The largest absolute Gasteiger partial charge is 0.334 e. The Morgan fingerprint density at radius 1 is 0.732 bits per heavy atom. The van der Waals surface area contributed by atoms with Crippen molar-refractivity contribution < 1.29 is 40.4 Å². The van der Waals surface area contributed by atoms with Crippen LogP contribution < -0.4 is 24.6 Å². The van der Waals surface area contributed by atoms with E-state index in [-0.39, 0.29) is 11.1 Å². The standard InChI is InChI=1S/C37H35F4N9O5S/c1-47-20-42-30-18-29(6-8-34(30)47)49(3)35(51)31(13-21-9-24(38)16-25(39)10-21)44-37(53)46-56(54,55)45-32(14-22-11-26(40)17-27(41)12-22)36(52)48(2)28-5-7-33-23(15-28)19-43-50(33)4/h5-12,15-20,31-32,45H,13-14H2,1-4H3,(H2,44,46,53)/t31-,32-/m0/s1. The normalized spacial score (nSPS) is 12.7. The summed E-state index contributed by atoms with van der Waals surface area (Å²) in [5, 5.41) is 7.09. The number of hydrogen-bond acceptors (Lipinski definition) is 7. The van der Waals surface area contributed by atoms with E-state index in [0.717, 1.165) is 45.1 Å². The lowest BCUT2D eigenvalue weighted by molar-refractivity contribution is -0.120. The molecule has 56 heavy (non-hydrogen) atoms. The number of benzene rings is 4. The molecule has 4 amide bonds. The van der Waals surface area contributed by atoms with Crippen molar-refractivity contribution in [2.45, 2.75) is 24.9 Å². The average Bonchev–Trinajstić information content (AvgIpc) is 3.69. The van der Waals surface area contributed by atoms with Crippen molar-refractivity contribution in [3.8, 4) is 0 Å². The van der Waals surface area contributed by atoms with Crippen molar-refractivity contribution in [2.24, 2.45) is 14.1 Å². The van der Waals surface area contributed by atoms with Crippen LogP contribution in [0.3, 0.4) is 0 Å². The molecule has 0 unspecified atom stereocenters. The zero-order chi connectivity index (χ0) is 40.5. The van der Waals surface area contributed by atoms with Gasteiger partial charge in [0.05, 0.1) is 29.1 Å². The Morgan fingerprint density at radius 2 is 1.25 bits per heavy atom. The first-order valence-electron chi connectivity index (χ1n) is 16.8. The summed E-state index contributed by atoms with van der Waals surface area (Å²) in [5.74, 6) is -5.50. The molecule has 3 N–H and O–H groups in total. The minimum atomic E-state index is -4.98.